The summed E-state index contributed by atoms with van der Waals surface area (Å²) in [6, 6.07) is 23.4. The number of carbonyl (C=O) groups excluding carboxylic acids is 1. The number of rotatable bonds is 9. The summed E-state index contributed by atoms with van der Waals surface area (Å²) in [7, 11) is 0. The van der Waals surface area contributed by atoms with E-state index in [-0.39, 0.29) is 5.91 Å². The number of nitrogens with zero attached hydrogens (tertiary/aromatic N) is 5. The number of benzene rings is 2. The second-order valence-electron chi connectivity index (χ2n) is 7.06. The highest BCUT2D eigenvalue weighted by Gasteiger charge is 2.21. The van der Waals surface area contributed by atoms with Crippen LogP contribution in [0, 0.1) is 0 Å². The van der Waals surface area contributed by atoms with E-state index in [2.05, 4.69) is 31.0 Å². The van der Waals surface area contributed by atoms with Crippen LogP contribution in [0.1, 0.15) is 18.3 Å². The molecule has 2 aromatic heterocycles. The van der Waals surface area contributed by atoms with Gasteiger partial charge >= 0.3 is 0 Å². The molecule has 0 aliphatic heterocycles. The predicted molar refractivity (Wildman–Crippen MR) is 130 cm³/mol. The number of amides is 1. The van der Waals surface area contributed by atoms with Crippen LogP contribution in [0.2, 0.25) is 0 Å². The summed E-state index contributed by atoms with van der Waals surface area (Å²) in [5, 5.41) is 16.4. The van der Waals surface area contributed by atoms with Crippen LogP contribution in [0.4, 0.5) is 5.69 Å². The van der Waals surface area contributed by atoms with E-state index in [1.807, 2.05) is 72.2 Å². The Morgan fingerprint density at radius 1 is 1.03 bits per heavy atom. The van der Waals surface area contributed by atoms with Crippen LogP contribution in [0.25, 0.3) is 5.69 Å². The molecule has 1 atom stereocenters. The SMILES string of the molecule is C[C@H](Sc1nnc(CNc2ccccc2)n1-c1ccccc1)C(=O)N/N=C\c1ccncc1. The van der Waals surface area contributed by atoms with E-state index in [1.165, 1.54) is 11.8 Å². The van der Waals surface area contributed by atoms with Crippen molar-refractivity contribution in [3.05, 3.63) is 96.6 Å². The van der Waals surface area contributed by atoms with Crippen LogP contribution < -0.4 is 10.7 Å². The topological polar surface area (TPSA) is 97.1 Å². The Labute approximate surface area is 196 Å². The van der Waals surface area contributed by atoms with Crippen LogP contribution in [-0.2, 0) is 11.3 Å². The molecule has 0 aliphatic carbocycles. The number of hydrazone groups is 1. The lowest BCUT2D eigenvalue weighted by Crippen LogP contribution is -2.27. The monoisotopic (exact) mass is 457 g/mol. The molecule has 8 nitrogen and oxygen atoms in total. The fourth-order valence-electron chi connectivity index (χ4n) is 2.99. The summed E-state index contributed by atoms with van der Waals surface area (Å²) in [6.45, 7) is 2.30. The first kappa shape index (κ1) is 22.2. The summed E-state index contributed by atoms with van der Waals surface area (Å²) in [5.41, 5.74) is 5.36. The molecule has 9 heteroatoms. The van der Waals surface area contributed by atoms with E-state index >= 15 is 0 Å². The summed E-state index contributed by atoms with van der Waals surface area (Å²) in [5.74, 6) is 0.521. The Balaban J connectivity index is 1.47. The molecule has 0 saturated heterocycles. The zero-order chi connectivity index (χ0) is 22.9. The number of hydrogen-bond donors (Lipinski definition) is 2. The molecule has 2 N–H and O–H groups in total. The van der Waals surface area contributed by atoms with Crippen molar-refractivity contribution in [1.29, 1.82) is 0 Å². The first-order valence-corrected chi connectivity index (χ1v) is 11.3. The van der Waals surface area contributed by atoms with Gasteiger partial charge in [-0.15, -0.1) is 10.2 Å². The maximum Gasteiger partial charge on any atom is 0.253 e. The van der Waals surface area contributed by atoms with Gasteiger partial charge < -0.3 is 5.32 Å². The van der Waals surface area contributed by atoms with Crippen molar-refractivity contribution in [2.24, 2.45) is 5.10 Å². The summed E-state index contributed by atoms with van der Waals surface area (Å²) in [4.78, 5) is 16.5. The van der Waals surface area contributed by atoms with Crippen LogP contribution >= 0.6 is 11.8 Å². The van der Waals surface area contributed by atoms with E-state index in [1.54, 1.807) is 30.7 Å². The number of hydrogen-bond acceptors (Lipinski definition) is 7. The Morgan fingerprint density at radius 3 is 2.45 bits per heavy atom. The van der Waals surface area contributed by atoms with E-state index < -0.39 is 5.25 Å². The van der Waals surface area contributed by atoms with Crippen LogP contribution in [0.15, 0.2) is 95.4 Å². The molecule has 4 rings (SSSR count). The third-order valence-electron chi connectivity index (χ3n) is 4.69. The van der Waals surface area contributed by atoms with Gasteiger partial charge in [-0.05, 0) is 48.9 Å². The quantitative estimate of drug-likeness (QED) is 0.225. The number of para-hydroxylation sites is 2. The van der Waals surface area contributed by atoms with Gasteiger partial charge in [-0.3, -0.25) is 14.3 Å². The maximum atomic E-state index is 12.6. The molecule has 4 aromatic rings. The zero-order valence-electron chi connectivity index (χ0n) is 18.0. The van der Waals surface area contributed by atoms with Gasteiger partial charge in [0.15, 0.2) is 11.0 Å². The Kier molecular flexibility index (Phi) is 7.44. The fourth-order valence-corrected chi connectivity index (χ4v) is 3.87. The number of anilines is 1. The predicted octanol–water partition coefficient (Wildman–Crippen LogP) is 3.91. The lowest BCUT2D eigenvalue weighted by atomic mass is 10.3. The molecule has 0 bridgehead atoms. The lowest BCUT2D eigenvalue weighted by Gasteiger charge is -2.13. The first-order valence-electron chi connectivity index (χ1n) is 10.4. The average Bonchev–Trinajstić information content (AvgIpc) is 3.26. The standard InChI is InChI=1S/C24H23N7OS/c1-18(23(32)29-27-16-19-12-14-25-15-13-19)33-24-30-28-22(17-26-20-8-4-2-5-9-20)31(24)21-10-6-3-7-11-21/h2-16,18,26H,17H2,1H3,(H,29,32)/b27-16-/t18-/m0/s1. The summed E-state index contributed by atoms with van der Waals surface area (Å²) < 4.78 is 1.96. The van der Waals surface area contributed by atoms with Gasteiger partial charge in [-0.25, -0.2) is 5.43 Å². The van der Waals surface area contributed by atoms with Crippen molar-refractivity contribution >= 4 is 29.6 Å². The first-order chi connectivity index (χ1) is 16.2. The minimum Gasteiger partial charge on any atom is -0.378 e. The van der Waals surface area contributed by atoms with E-state index in [9.17, 15) is 4.79 Å². The normalized spacial score (nSPS) is 11.9. The van der Waals surface area contributed by atoms with Gasteiger partial charge in [0.1, 0.15) is 0 Å². The largest absolute Gasteiger partial charge is 0.378 e. The molecule has 0 aliphatic rings. The van der Waals surface area contributed by atoms with Gasteiger partial charge in [0.2, 0.25) is 0 Å². The van der Waals surface area contributed by atoms with Crippen molar-refractivity contribution in [2.75, 3.05) is 5.32 Å². The van der Waals surface area contributed by atoms with Gasteiger partial charge in [-0.1, -0.05) is 48.2 Å². The minimum absolute atomic E-state index is 0.225. The highest BCUT2D eigenvalue weighted by atomic mass is 32.2. The van der Waals surface area contributed by atoms with Gasteiger partial charge in [0, 0.05) is 23.8 Å². The molecule has 1 amide bonds. The number of nitrogens with one attached hydrogen (secondary N) is 2. The van der Waals surface area contributed by atoms with Crippen molar-refractivity contribution in [3.63, 3.8) is 0 Å². The molecule has 0 saturated carbocycles. The summed E-state index contributed by atoms with van der Waals surface area (Å²) in [6.07, 6.45) is 4.92. The van der Waals surface area contributed by atoms with Crippen molar-refractivity contribution in [3.8, 4) is 5.69 Å². The van der Waals surface area contributed by atoms with Crippen LogP contribution in [0.3, 0.4) is 0 Å². The highest BCUT2D eigenvalue weighted by molar-refractivity contribution is 8.00. The number of aromatic nitrogens is 4. The minimum atomic E-state index is -0.429. The molecule has 2 heterocycles. The number of carbonyl (C=O) groups is 1. The molecule has 0 radical (unpaired) electrons. The Bertz CT molecular complexity index is 1200. The summed E-state index contributed by atoms with van der Waals surface area (Å²) >= 11 is 1.33. The van der Waals surface area contributed by atoms with E-state index in [4.69, 9.17) is 0 Å². The van der Waals surface area contributed by atoms with Crippen LogP contribution in [0.5, 0.6) is 0 Å². The third-order valence-corrected chi connectivity index (χ3v) is 5.73. The number of thioether (sulfide) groups is 1. The number of pyridine rings is 1. The fraction of sp³-hybridized carbons (Fsp3) is 0.125. The molecule has 0 spiro atoms. The molecule has 2 aromatic carbocycles. The lowest BCUT2D eigenvalue weighted by molar-refractivity contribution is -0.120. The second-order valence-corrected chi connectivity index (χ2v) is 8.37. The molecular formula is C24H23N7OS. The highest BCUT2D eigenvalue weighted by Crippen LogP contribution is 2.26. The van der Waals surface area contributed by atoms with E-state index in [0.29, 0.717) is 11.7 Å². The van der Waals surface area contributed by atoms with Gasteiger partial charge in [-0.2, -0.15) is 5.10 Å². The van der Waals surface area contributed by atoms with Crippen LogP contribution in [-0.4, -0.2) is 37.1 Å². The zero-order valence-corrected chi connectivity index (χ0v) is 18.8. The molecule has 0 fully saturated rings. The molecular weight excluding hydrogens is 434 g/mol. The van der Waals surface area contributed by atoms with Crippen molar-refractivity contribution < 1.29 is 4.79 Å². The van der Waals surface area contributed by atoms with Crippen molar-refractivity contribution in [2.45, 2.75) is 23.9 Å². The third kappa shape index (κ3) is 6.05. The van der Waals surface area contributed by atoms with Gasteiger partial charge in [0.05, 0.1) is 18.0 Å². The van der Waals surface area contributed by atoms with Gasteiger partial charge in [0.25, 0.3) is 5.91 Å². The maximum absolute atomic E-state index is 12.6. The van der Waals surface area contributed by atoms with Crippen molar-refractivity contribution in [1.82, 2.24) is 25.2 Å². The Morgan fingerprint density at radius 2 is 1.73 bits per heavy atom. The molecule has 166 valence electrons. The smallest absolute Gasteiger partial charge is 0.253 e. The molecule has 33 heavy (non-hydrogen) atoms. The Hall–Kier alpha value is -3.98. The molecule has 0 unspecified atom stereocenters. The average molecular weight is 458 g/mol. The second kappa shape index (κ2) is 11.1. The van der Waals surface area contributed by atoms with E-state index in [0.717, 1.165) is 22.8 Å².